The number of nitrogens with one attached hydrogen (secondary N) is 1. The van der Waals surface area contributed by atoms with Crippen molar-refractivity contribution in [1.82, 2.24) is 10.2 Å². The van der Waals surface area contributed by atoms with E-state index in [0.29, 0.717) is 19.3 Å². The molecule has 5 heteroatoms. The Balaban J connectivity index is 2.40. The van der Waals surface area contributed by atoms with Gasteiger partial charge in [0, 0.05) is 5.54 Å². The van der Waals surface area contributed by atoms with Gasteiger partial charge in [-0.2, -0.15) is 0 Å². The first kappa shape index (κ1) is 15.0. The van der Waals surface area contributed by atoms with Gasteiger partial charge >= 0.3 is 6.03 Å². The van der Waals surface area contributed by atoms with Crippen molar-refractivity contribution in [2.24, 2.45) is 5.41 Å². The molecule has 1 N–H and O–H groups in total. The molecule has 112 valence electrons. The van der Waals surface area contributed by atoms with E-state index in [-0.39, 0.29) is 5.91 Å². The summed E-state index contributed by atoms with van der Waals surface area (Å²) in [6, 6.07) is -0.568. The molecule has 0 bridgehead atoms. The van der Waals surface area contributed by atoms with E-state index in [0.717, 1.165) is 25.7 Å². The Bertz CT molecular complexity index is 434. The van der Waals surface area contributed by atoms with Crippen LogP contribution < -0.4 is 5.32 Å². The van der Waals surface area contributed by atoms with E-state index in [1.807, 2.05) is 20.8 Å². The van der Waals surface area contributed by atoms with Crippen LogP contribution in [0.3, 0.4) is 0 Å². The van der Waals surface area contributed by atoms with Crippen LogP contribution in [-0.4, -0.2) is 28.3 Å². The summed E-state index contributed by atoms with van der Waals surface area (Å²) in [5.74, 6) is -0.683. The average Bonchev–Trinajstić information content (AvgIpc) is 2.63. The van der Waals surface area contributed by atoms with Gasteiger partial charge in [0.1, 0.15) is 5.41 Å². The maximum absolute atomic E-state index is 12.9. The molecule has 1 saturated carbocycles. The van der Waals surface area contributed by atoms with Crippen molar-refractivity contribution in [3.63, 3.8) is 0 Å². The first-order valence-electron chi connectivity index (χ1n) is 7.55. The number of carbonyl (C=O) groups is 3. The van der Waals surface area contributed by atoms with Crippen molar-refractivity contribution >= 4 is 17.8 Å². The van der Waals surface area contributed by atoms with Crippen molar-refractivity contribution in [2.75, 3.05) is 0 Å². The number of barbiturate groups is 1. The molecule has 2 aliphatic rings. The third kappa shape index (κ3) is 2.23. The zero-order chi connectivity index (χ0) is 15.0. The van der Waals surface area contributed by atoms with Crippen LogP contribution in [0.2, 0.25) is 0 Å². The quantitative estimate of drug-likeness (QED) is 0.791. The van der Waals surface area contributed by atoms with Gasteiger partial charge in [-0.05, 0) is 33.1 Å². The molecule has 0 unspecified atom stereocenters. The number of urea groups is 1. The Hall–Kier alpha value is -1.39. The molecule has 2 rings (SSSR count). The fourth-order valence-corrected chi connectivity index (χ4v) is 3.16. The Labute approximate surface area is 120 Å². The summed E-state index contributed by atoms with van der Waals surface area (Å²) in [7, 11) is 0. The van der Waals surface area contributed by atoms with E-state index in [1.165, 1.54) is 4.90 Å². The predicted octanol–water partition coefficient (Wildman–Crippen LogP) is 2.59. The number of rotatable bonds is 2. The summed E-state index contributed by atoms with van der Waals surface area (Å²) in [5, 5.41) is 2.42. The Morgan fingerprint density at radius 3 is 2.15 bits per heavy atom. The normalized spacial score (nSPS) is 23.8. The molecular formula is C15H24N2O3. The van der Waals surface area contributed by atoms with Gasteiger partial charge in [-0.15, -0.1) is 0 Å². The second-order valence-electron chi connectivity index (χ2n) is 6.56. The Morgan fingerprint density at radius 2 is 1.65 bits per heavy atom. The van der Waals surface area contributed by atoms with Crippen molar-refractivity contribution in [3.05, 3.63) is 0 Å². The number of amides is 4. The van der Waals surface area contributed by atoms with Crippen LogP contribution in [-0.2, 0) is 9.59 Å². The molecule has 1 saturated heterocycles. The molecule has 0 aromatic carbocycles. The molecule has 0 aromatic heterocycles. The van der Waals surface area contributed by atoms with Crippen molar-refractivity contribution in [3.8, 4) is 0 Å². The van der Waals surface area contributed by atoms with Crippen LogP contribution in [0, 0.1) is 5.41 Å². The van der Waals surface area contributed by atoms with Gasteiger partial charge in [-0.1, -0.05) is 32.6 Å². The standard InChI is InChI=1S/C15H24N2O3/c1-4-14(2,3)17-12(19)15(11(18)16-13(17)20)9-7-5-6-8-10-15/h4-10H2,1-3H3,(H,16,18,20). The van der Waals surface area contributed by atoms with Crippen molar-refractivity contribution in [2.45, 2.75) is 71.3 Å². The summed E-state index contributed by atoms with van der Waals surface area (Å²) >= 11 is 0. The summed E-state index contributed by atoms with van der Waals surface area (Å²) in [5.41, 5.74) is -1.59. The number of hydrogen-bond acceptors (Lipinski definition) is 3. The largest absolute Gasteiger partial charge is 0.331 e. The molecule has 0 radical (unpaired) electrons. The van der Waals surface area contributed by atoms with E-state index in [4.69, 9.17) is 0 Å². The van der Waals surface area contributed by atoms with Crippen LogP contribution in [0.5, 0.6) is 0 Å². The van der Waals surface area contributed by atoms with Crippen LogP contribution >= 0.6 is 0 Å². The van der Waals surface area contributed by atoms with E-state index < -0.39 is 22.9 Å². The molecule has 2 fully saturated rings. The minimum Gasteiger partial charge on any atom is -0.277 e. The summed E-state index contributed by atoms with van der Waals surface area (Å²) in [6.45, 7) is 5.67. The average molecular weight is 280 g/mol. The SMILES string of the molecule is CCC(C)(C)N1C(=O)NC(=O)C2(CCCCCC2)C1=O. The van der Waals surface area contributed by atoms with Gasteiger partial charge in [0.2, 0.25) is 11.8 Å². The molecule has 0 atom stereocenters. The zero-order valence-corrected chi connectivity index (χ0v) is 12.6. The highest BCUT2D eigenvalue weighted by Crippen LogP contribution is 2.41. The summed E-state index contributed by atoms with van der Waals surface area (Å²) in [4.78, 5) is 38.6. The molecule has 1 aliphatic carbocycles. The molecule has 1 aliphatic heterocycles. The molecule has 1 heterocycles. The monoisotopic (exact) mass is 280 g/mol. The van der Waals surface area contributed by atoms with E-state index in [1.54, 1.807) is 0 Å². The van der Waals surface area contributed by atoms with Crippen LogP contribution in [0.4, 0.5) is 4.79 Å². The topological polar surface area (TPSA) is 66.5 Å². The first-order valence-corrected chi connectivity index (χ1v) is 7.55. The lowest BCUT2D eigenvalue weighted by molar-refractivity contribution is -0.156. The molecule has 0 aromatic rings. The van der Waals surface area contributed by atoms with Gasteiger partial charge in [0.25, 0.3) is 0 Å². The number of imide groups is 2. The Kier molecular flexibility index (Phi) is 3.89. The smallest absolute Gasteiger partial charge is 0.277 e. The molecular weight excluding hydrogens is 256 g/mol. The minimum absolute atomic E-state index is 0.292. The fourth-order valence-electron chi connectivity index (χ4n) is 3.16. The second kappa shape index (κ2) is 5.19. The first-order chi connectivity index (χ1) is 9.35. The van der Waals surface area contributed by atoms with E-state index >= 15 is 0 Å². The van der Waals surface area contributed by atoms with E-state index in [9.17, 15) is 14.4 Å². The minimum atomic E-state index is -1.02. The molecule has 1 spiro atoms. The third-order valence-corrected chi connectivity index (χ3v) is 4.90. The zero-order valence-electron chi connectivity index (χ0n) is 12.6. The molecule has 20 heavy (non-hydrogen) atoms. The fraction of sp³-hybridized carbons (Fsp3) is 0.800. The highest BCUT2D eigenvalue weighted by Gasteiger charge is 2.55. The number of hydrogen-bond donors (Lipinski definition) is 1. The van der Waals surface area contributed by atoms with Crippen LogP contribution in [0.25, 0.3) is 0 Å². The van der Waals surface area contributed by atoms with Crippen LogP contribution in [0.1, 0.15) is 65.7 Å². The lowest BCUT2D eigenvalue weighted by Gasteiger charge is -2.45. The highest BCUT2D eigenvalue weighted by atomic mass is 16.2. The van der Waals surface area contributed by atoms with Gasteiger partial charge in [-0.25, -0.2) is 4.79 Å². The number of carbonyl (C=O) groups excluding carboxylic acids is 3. The van der Waals surface area contributed by atoms with Crippen LogP contribution in [0.15, 0.2) is 0 Å². The maximum atomic E-state index is 12.9. The summed E-state index contributed by atoms with van der Waals surface area (Å²) in [6.07, 6.45) is 5.61. The van der Waals surface area contributed by atoms with E-state index in [2.05, 4.69) is 5.32 Å². The van der Waals surface area contributed by atoms with Gasteiger partial charge in [0.05, 0.1) is 0 Å². The van der Waals surface area contributed by atoms with Gasteiger partial charge < -0.3 is 0 Å². The lowest BCUT2D eigenvalue weighted by atomic mass is 9.75. The molecule has 4 amide bonds. The predicted molar refractivity (Wildman–Crippen MR) is 74.9 cm³/mol. The van der Waals surface area contributed by atoms with Gasteiger partial charge in [-0.3, -0.25) is 19.8 Å². The summed E-state index contributed by atoms with van der Waals surface area (Å²) < 4.78 is 0. The lowest BCUT2D eigenvalue weighted by Crippen LogP contribution is -2.68. The maximum Gasteiger partial charge on any atom is 0.331 e. The third-order valence-electron chi connectivity index (χ3n) is 4.90. The Morgan fingerprint density at radius 1 is 1.10 bits per heavy atom. The van der Waals surface area contributed by atoms with Gasteiger partial charge in [0.15, 0.2) is 0 Å². The highest BCUT2D eigenvalue weighted by molar-refractivity contribution is 6.19. The van der Waals surface area contributed by atoms with Crippen molar-refractivity contribution in [1.29, 1.82) is 0 Å². The number of nitrogens with zero attached hydrogens (tertiary/aromatic N) is 1. The van der Waals surface area contributed by atoms with Crippen molar-refractivity contribution < 1.29 is 14.4 Å². The molecule has 5 nitrogen and oxygen atoms in total. The second-order valence-corrected chi connectivity index (χ2v) is 6.56.